The molecule has 1 aromatic heterocycles. The van der Waals surface area contributed by atoms with Gasteiger partial charge in [0.25, 0.3) is 0 Å². The van der Waals surface area contributed by atoms with Crippen molar-refractivity contribution in [2.75, 3.05) is 13.1 Å². The van der Waals surface area contributed by atoms with Crippen molar-refractivity contribution in [3.8, 4) is 0 Å². The number of sulfonamides is 1. The Morgan fingerprint density at radius 3 is 2.65 bits per heavy atom. The topological polar surface area (TPSA) is 84.3 Å². The maximum Gasteiger partial charge on any atom is 0.243 e. The Hall–Kier alpha value is -1.93. The number of benzene rings is 1. The minimum absolute atomic E-state index is 0.0980. The van der Waals surface area contributed by atoms with Gasteiger partial charge in [-0.2, -0.15) is 4.31 Å². The highest BCUT2D eigenvalue weighted by Crippen LogP contribution is 2.30. The van der Waals surface area contributed by atoms with E-state index in [4.69, 9.17) is 4.98 Å². The maximum atomic E-state index is 13.0. The number of aryl methyl sites for hydroxylation is 2. The molecular formula is C26H40N4O3S. The molecule has 188 valence electrons. The molecule has 4 rings (SSSR count). The van der Waals surface area contributed by atoms with E-state index >= 15 is 0 Å². The molecule has 0 spiro atoms. The second-order valence-electron chi connectivity index (χ2n) is 9.95. The van der Waals surface area contributed by atoms with Crippen molar-refractivity contribution in [3.05, 3.63) is 24.0 Å². The lowest BCUT2D eigenvalue weighted by Crippen LogP contribution is -2.37. The number of carbonyl (C=O) groups is 1. The molecule has 7 nitrogen and oxygen atoms in total. The Morgan fingerprint density at radius 2 is 1.91 bits per heavy atom. The van der Waals surface area contributed by atoms with Crippen LogP contribution in [-0.2, 0) is 27.8 Å². The minimum atomic E-state index is -3.48. The standard InChI is InChI=1S/C26H40N4O3S/c1-3-5-9-20-10-8-11-22(20)28-26(31)15-14-25-27-23-19-21(12-13-24(23)30(25)16-4-2)34(32,33)29-17-6-7-18-29/h12-13,19-20,22H,3-11,14-18H2,1-2H3,(H,28,31). The van der Waals surface area contributed by atoms with Crippen LogP contribution in [0.5, 0.6) is 0 Å². The van der Waals surface area contributed by atoms with Crippen molar-refractivity contribution < 1.29 is 13.2 Å². The number of nitrogens with one attached hydrogen (secondary N) is 1. The summed E-state index contributed by atoms with van der Waals surface area (Å²) >= 11 is 0. The molecule has 1 N–H and O–H groups in total. The van der Waals surface area contributed by atoms with Gasteiger partial charge >= 0.3 is 0 Å². The summed E-state index contributed by atoms with van der Waals surface area (Å²) in [6.07, 6.45) is 10.9. The quantitative estimate of drug-likeness (QED) is 0.499. The van der Waals surface area contributed by atoms with E-state index in [0.29, 0.717) is 48.3 Å². The summed E-state index contributed by atoms with van der Waals surface area (Å²) in [4.78, 5) is 17.9. The van der Waals surface area contributed by atoms with Gasteiger partial charge < -0.3 is 9.88 Å². The fraction of sp³-hybridized carbons (Fsp3) is 0.692. The summed E-state index contributed by atoms with van der Waals surface area (Å²) in [5.41, 5.74) is 1.63. The van der Waals surface area contributed by atoms with Crippen LogP contribution in [0.4, 0.5) is 0 Å². The van der Waals surface area contributed by atoms with E-state index in [9.17, 15) is 13.2 Å². The first-order chi connectivity index (χ1) is 16.4. The zero-order valence-corrected chi connectivity index (χ0v) is 21.6. The normalized spacial score (nSPS) is 21.5. The second-order valence-corrected chi connectivity index (χ2v) is 11.9. The van der Waals surface area contributed by atoms with E-state index < -0.39 is 10.0 Å². The lowest BCUT2D eigenvalue weighted by atomic mass is 9.96. The van der Waals surface area contributed by atoms with Gasteiger partial charge in [-0.15, -0.1) is 0 Å². The lowest BCUT2D eigenvalue weighted by molar-refractivity contribution is -0.122. The summed E-state index contributed by atoms with van der Waals surface area (Å²) in [7, 11) is -3.48. The molecule has 1 aliphatic heterocycles. The van der Waals surface area contributed by atoms with Crippen molar-refractivity contribution in [1.82, 2.24) is 19.2 Å². The number of amides is 1. The van der Waals surface area contributed by atoms with Crippen LogP contribution in [0.25, 0.3) is 11.0 Å². The number of aromatic nitrogens is 2. The van der Waals surface area contributed by atoms with Gasteiger partial charge in [0.05, 0.1) is 15.9 Å². The highest BCUT2D eigenvalue weighted by molar-refractivity contribution is 7.89. The fourth-order valence-electron chi connectivity index (χ4n) is 5.60. The smallest absolute Gasteiger partial charge is 0.243 e. The maximum absolute atomic E-state index is 13.0. The van der Waals surface area contributed by atoms with E-state index in [0.717, 1.165) is 43.6 Å². The van der Waals surface area contributed by atoms with Gasteiger partial charge in [-0.05, 0) is 62.6 Å². The second kappa shape index (κ2) is 11.2. The van der Waals surface area contributed by atoms with Gasteiger partial charge in [-0.1, -0.05) is 33.1 Å². The highest BCUT2D eigenvalue weighted by Gasteiger charge is 2.29. The summed E-state index contributed by atoms with van der Waals surface area (Å²) in [5.74, 6) is 1.57. The number of hydrogen-bond donors (Lipinski definition) is 1. The van der Waals surface area contributed by atoms with Gasteiger partial charge in [0.1, 0.15) is 5.82 Å². The molecule has 2 atom stereocenters. The fourth-order valence-corrected chi connectivity index (χ4v) is 7.14. The molecule has 2 aromatic rings. The molecule has 34 heavy (non-hydrogen) atoms. The van der Waals surface area contributed by atoms with Crippen molar-refractivity contribution in [2.24, 2.45) is 5.92 Å². The average molecular weight is 489 g/mol. The third-order valence-corrected chi connectivity index (χ3v) is 9.35. The Labute approximate surface area is 204 Å². The highest BCUT2D eigenvalue weighted by atomic mass is 32.2. The first kappa shape index (κ1) is 25.2. The van der Waals surface area contributed by atoms with Crippen molar-refractivity contribution in [2.45, 2.75) is 102 Å². The van der Waals surface area contributed by atoms with Gasteiger partial charge in [0.2, 0.25) is 15.9 Å². The molecule has 1 aromatic carbocycles. The van der Waals surface area contributed by atoms with Crippen LogP contribution < -0.4 is 5.32 Å². The van der Waals surface area contributed by atoms with Crippen LogP contribution in [-0.4, -0.2) is 47.3 Å². The number of hydrogen-bond acceptors (Lipinski definition) is 4. The molecule has 2 aliphatic rings. The van der Waals surface area contributed by atoms with Crippen LogP contribution in [0.2, 0.25) is 0 Å². The van der Waals surface area contributed by atoms with E-state index in [1.165, 1.54) is 32.1 Å². The average Bonchev–Trinajstić information content (AvgIpc) is 3.57. The van der Waals surface area contributed by atoms with Gasteiger partial charge in [-0.25, -0.2) is 13.4 Å². The van der Waals surface area contributed by atoms with Crippen LogP contribution >= 0.6 is 0 Å². The van der Waals surface area contributed by atoms with Crippen molar-refractivity contribution in [1.29, 1.82) is 0 Å². The first-order valence-corrected chi connectivity index (χ1v) is 14.7. The third-order valence-electron chi connectivity index (χ3n) is 7.46. The van der Waals surface area contributed by atoms with E-state index in [2.05, 4.69) is 23.7 Å². The molecule has 0 bridgehead atoms. The number of unbranched alkanes of at least 4 members (excludes halogenated alkanes) is 1. The number of fused-ring (bicyclic) bond motifs is 1. The van der Waals surface area contributed by atoms with Gasteiger partial charge in [-0.3, -0.25) is 4.79 Å². The number of carbonyl (C=O) groups excluding carboxylic acids is 1. The largest absolute Gasteiger partial charge is 0.353 e. The SMILES string of the molecule is CCCCC1CCCC1NC(=O)CCc1nc2cc(S(=O)(=O)N3CCCC3)ccc2n1CCC. The van der Waals surface area contributed by atoms with Crippen LogP contribution in [0.15, 0.2) is 23.1 Å². The zero-order valence-electron chi connectivity index (χ0n) is 20.8. The molecule has 0 radical (unpaired) electrons. The Morgan fingerprint density at radius 1 is 1.12 bits per heavy atom. The molecular weight excluding hydrogens is 448 g/mol. The molecule has 8 heteroatoms. The molecule has 2 unspecified atom stereocenters. The zero-order chi connectivity index (χ0) is 24.1. The minimum Gasteiger partial charge on any atom is -0.353 e. The molecule has 1 amide bonds. The summed E-state index contributed by atoms with van der Waals surface area (Å²) in [5, 5.41) is 3.29. The van der Waals surface area contributed by atoms with E-state index in [1.54, 1.807) is 16.4 Å². The van der Waals surface area contributed by atoms with Gasteiger partial charge in [0.15, 0.2) is 0 Å². The molecule has 2 heterocycles. The molecule has 1 aliphatic carbocycles. The predicted octanol–water partition coefficient (Wildman–Crippen LogP) is 4.64. The van der Waals surface area contributed by atoms with Crippen LogP contribution in [0.3, 0.4) is 0 Å². The van der Waals surface area contributed by atoms with Crippen LogP contribution in [0.1, 0.15) is 83.9 Å². The van der Waals surface area contributed by atoms with Gasteiger partial charge in [0, 0.05) is 38.5 Å². The Bertz CT molecular complexity index is 1090. The van der Waals surface area contributed by atoms with Crippen LogP contribution in [0, 0.1) is 5.92 Å². The van der Waals surface area contributed by atoms with Crippen molar-refractivity contribution >= 4 is 27.0 Å². The monoisotopic (exact) mass is 488 g/mol. The summed E-state index contributed by atoms with van der Waals surface area (Å²) in [6, 6.07) is 5.60. The van der Waals surface area contributed by atoms with E-state index in [-0.39, 0.29) is 5.91 Å². The lowest BCUT2D eigenvalue weighted by Gasteiger charge is -2.21. The molecule has 2 fully saturated rings. The molecule has 1 saturated carbocycles. The van der Waals surface area contributed by atoms with Crippen molar-refractivity contribution in [3.63, 3.8) is 0 Å². The number of imidazole rings is 1. The summed E-state index contributed by atoms with van der Waals surface area (Å²) < 4.78 is 29.7. The molecule has 1 saturated heterocycles. The first-order valence-electron chi connectivity index (χ1n) is 13.2. The summed E-state index contributed by atoms with van der Waals surface area (Å²) in [6.45, 7) is 6.31. The van der Waals surface area contributed by atoms with E-state index in [1.807, 2.05) is 6.07 Å². The Balaban J connectivity index is 1.47. The number of rotatable bonds is 11. The third kappa shape index (κ3) is 5.48. The Kier molecular flexibility index (Phi) is 8.30. The predicted molar refractivity (Wildman–Crippen MR) is 135 cm³/mol. The number of nitrogens with zero attached hydrogens (tertiary/aromatic N) is 3.